The van der Waals surface area contributed by atoms with Crippen LogP contribution in [-0.2, 0) is 0 Å². The molecule has 1 heterocycles. The molecule has 0 aliphatic heterocycles. The van der Waals surface area contributed by atoms with Crippen LogP contribution in [0.15, 0.2) is 10.8 Å². The van der Waals surface area contributed by atoms with Gasteiger partial charge in [0.2, 0.25) is 0 Å². The third-order valence-corrected chi connectivity index (χ3v) is 1.53. The van der Waals surface area contributed by atoms with Gasteiger partial charge in [-0.05, 0) is 15.9 Å². The quantitative estimate of drug-likeness (QED) is 0.638. The Morgan fingerprint density at radius 1 is 1.36 bits per heavy atom. The SMILES string of the molecule is N#Cc1cnc(Br)c(C#N)n1. The lowest BCUT2D eigenvalue weighted by Crippen LogP contribution is -1.91. The summed E-state index contributed by atoms with van der Waals surface area (Å²) in [5.74, 6) is 0. The van der Waals surface area contributed by atoms with Crippen molar-refractivity contribution in [3.05, 3.63) is 22.2 Å². The molecular weight excluding hydrogens is 208 g/mol. The molecule has 0 unspecified atom stereocenters. The number of rotatable bonds is 0. The van der Waals surface area contributed by atoms with Crippen LogP contribution in [0.1, 0.15) is 11.4 Å². The average molecular weight is 209 g/mol. The first-order valence-corrected chi connectivity index (χ1v) is 3.40. The second kappa shape index (κ2) is 3.09. The summed E-state index contributed by atoms with van der Waals surface area (Å²) in [6.07, 6.45) is 1.30. The highest BCUT2D eigenvalue weighted by Crippen LogP contribution is 2.09. The molecule has 1 aromatic rings. The van der Waals surface area contributed by atoms with Crippen LogP contribution in [0, 0.1) is 22.7 Å². The third kappa shape index (κ3) is 1.51. The van der Waals surface area contributed by atoms with Crippen molar-refractivity contribution in [3.8, 4) is 12.1 Å². The van der Waals surface area contributed by atoms with Crippen LogP contribution >= 0.6 is 15.9 Å². The topological polar surface area (TPSA) is 73.4 Å². The van der Waals surface area contributed by atoms with Crippen molar-refractivity contribution in [1.29, 1.82) is 10.5 Å². The summed E-state index contributed by atoms with van der Waals surface area (Å²) in [4.78, 5) is 7.41. The molecule has 0 spiro atoms. The Kier molecular flexibility index (Phi) is 2.15. The highest BCUT2D eigenvalue weighted by atomic mass is 79.9. The maximum atomic E-state index is 8.45. The third-order valence-electron chi connectivity index (χ3n) is 0.948. The molecule has 0 aliphatic rings. The van der Waals surface area contributed by atoms with Gasteiger partial charge in [-0.15, -0.1) is 0 Å². The largest absolute Gasteiger partial charge is 0.243 e. The highest BCUT2D eigenvalue weighted by molar-refractivity contribution is 9.10. The van der Waals surface area contributed by atoms with Crippen LogP contribution in [0.25, 0.3) is 0 Å². The lowest BCUT2D eigenvalue weighted by molar-refractivity contribution is 1.10. The molecule has 0 N–H and O–H groups in total. The molecule has 0 aromatic carbocycles. The summed E-state index contributed by atoms with van der Waals surface area (Å²) >= 11 is 3.01. The number of hydrogen-bond donors (Lipinski definition) is 0. The summed E-state index contributed by atoms with van der Waals surface area (Å²) in [7, 11) is 0. The molecule has 0 bridgehead atoms. The number of halogens is 1. The molecule has 11 heavy (non-hydrogen) atoms. The Bertz CT molecular complexity index is 360. The van der Waals surface area contributed by atoms with E-state index >= 15 is 0 Å². The Balaban J connectivity index is 3.29. The molecule has 52 valence electrons. The Labute approximate surface area is 71.3 Å². The van der Waals surface area contributed by atoms with E-state index in [1.807, 2.05) is 0 Å². The van der Waals surface area contributed by atoms with E-state index in [2.05, 4.69) is 25.9 Å². The average Bonchev–Trinajstić information content (AvgIpc) is 2.05. The zero-order valence-electron chi connectivity index (χ0n) is 5.24. The monoisotopic (exact) mass is 208 g/mol. The zero-order chi connectivity index (χ0) is 8.27. The van der Waals surface area contributed by atoms with E-state index in [0.29, 0.717) is 4.60 Å². The van der Waals surface area contributed by atoms with Gasteiger partial charge in [0.05, 0.1) is 6.20 Å². The number of hydrogen-bond acceptors (Lipinski definition) is 4. The van der Waals surface area contributed by atoms with Crippen molar-refractivity contribution in [2.75, 3.05) is 0 Å². The molecule has 0 amide bonds. The number of nitriles is 2. The molecule has 5 heteroatoms. The minimum Gasteiger partial charge on any atom is -0.243 e. The zero-order valence-corrected chi connectivity index (χ0v) is 6.83. The molecule has 4 nitrogen and oxygen atoms in total. The van der Waals surface area contributed by atoms with Crippen molar-refractivity contribution >= 4 is 15.9 Å². The van der Waals surface area contributed by atoms with Gasteiger partial charge in [-0.3, -0.25) is 0 Å². The maximum absolute atomic E-state index is 8.45. The van der Waals surface area contributed by atoms with Crippen LogP contribution in [0.3, 0.4) is 0 Å². The van der Waals surface area contributed by atoms with Crippen molar-refractivity contribution in [1.82, 2.24) is 9.97 Å². The summed E-state index contributed by atoms with van der Waals surface area (Å²) in [5, 5.41) is 16.8. The lowest BCUT2D eigenvalue weighted by Gasteiger charge is -1.91. The molecule has 0 saturated carbocycles. The first kappa shape index (κ1) is 7.64. The van der Waals surface area contributed by atoms with Crippen LogP contribution in [0.5, 0.6) is 0 Å². The van der Waals surface area contributed by atoms with Gasteiger partial charge in [0.1, 0.15) is 16.7 Å². The van der Waals surface area contributed by atoms with Gasteiger partial charge in [0, 0.05) is 0 Å². The van der Waals surface area contributed by atoms with E-state index < -0.39 is 0 Å². The van der Waals surface area contributed by atoms with E-state index in [4.69, 9.17) is 10.5 Å². The van der Waals surface area contributed by atoms with Crippen LogP contribution in [0.2, 0.25) is 0 Å². The predicted molar refractivity (Wildman–Crippen MR) is 39.2 cm³/mol. The Morgan fingerprint density at radius 2 is 2.09 bits per heavy atom. The van der Waals surface area contributed by atoms with Crippen molar-refractivity contribution in [3.63, 3.8) is 0 Å². The molecule has 0 fully saturated rings. The van der Waals surface area contributed by atoms with Crippen molar-refractivity contribution < 1.29 is 0 Å². The lowest BCUT2D eigenvalue weighted by atomic mass is 10.4. The van der Waals surface area contributed by atoms with Crippen LogP contribution < -0.4 is 0 Å². The first-order chi connectivity index (χ1) is 5.27. The normalized spacial score (nSPS) is 8.27. The summed E-state index contributed by atoms with van der Waals surface area (Å²) in [6, 6.07) is 3.58. The van der Waals surface area contributed by atoms with Gasteiger partial charge in [-0.25, -0.2) is 9.97 Å². The summed E-state index contributed by atoms with van der Waals surface area (Å²) in [5.41, 5.74) is 0.272. The van der Waals surface area contributed by atoms with Crippen molar-refractivity contribution in [2.45, 2.75) is 0 Å². The van der Waals surface area contributed by atoms with E-state index in [-0.39, 0.29) is 11.4 Å². The standard InChI is InChI=1S/C6HBrN4/c7-6-5(2-9)11-4(1-8)3-10-6/h3H. The maximum Gasteiger partial charge on any atom is 0.174 e. The molecule has 0 saturated heterocycles. The van der Waals surface area contributed by atoms with Gasteiger partial charge >= 0.3 is 0 Å². The molecule has 1 aromatic heterocycles. The van der Waals surface area contributed by atoms with E-state index in [9.17, 15) is 0 Å². The second-order valence-electron chi connectivity index (χ2n) is 1.62. The van der Waals surface area contributed by atoms with Gasteiger partial charge in [-0.1, -0.05) is 0 Å². The number of aromatic nitrogens is 2. The van der Waals surface area contributed by atoms with Gasteiger partial charge < -0.3 is 0 Å². The van der Waals surface area contributed by atoms with E-state index in [0.717, 1.165) is 0 Å². The Morgan fingerprint density at radius 3 is 2.64 bits per heavy atom. The molecule has 0 radical (unpaired) electrons. The van der Waals surface area contributed by atoms with E-state index in [1.54, 1.807) is 12.1 Å². The van der Waals surface area contributed by atoms with Gasteiger partial charge in [0.25, 0.3) is 0 Å². The fraction of sp³-hybridized carbons (Fsp3) is 0. The minimum absolute atomic E-state index is 0.129. The van der Waals surface area contributed by atoms with Gasteiger partial charge in [0.15, 0.2) is 11.4 Å². The number of nitrogens with zero attached hydrogens (tertiary/aromatic N) is 4. The minimum atomic E-state index is 0.129. The Hall–Kier alpha value is -1.46. The molecule has 0 aliphatic carbocycles. The molecule has 1 rings (SSSR count). The highest BCUT2D eigenvalue weighted by Gasteiger charge is 2.02. The second-order valence-corrected chi connectivity index (χ2v) is 2.37. The van der Waals surface area contributed by atoms with Crippen molar-refractivity contribution in [2.24, 2.45) is 0 Å². The smallest absolute Gasteiger partial charge is 0.174 e. The predicted octanol–water partition coefficient (Wildman–Crippen LogP) is 0.982. The van der Waals surface area contributed by atoms with Gasteiger partial charge in [-0.2, -0.15) is 10.5 Å². The first-order valence-electron chi connectivity index (χ1n) is 2.60. The summed E-state index contributed by atoms with van der Waals surface area (Å²) < 4.78 is 0.360. The fourth-order valence-electron chi connectivity index (χ4n) is 0.499. The van der Waals surface area contributed by atoms with Crippen LogP contribution in [-0.4, -0.2) is 9.97 Å². The fourth-order valence-corrected chi connectivity index (χ4v) is 0.779. The van der Waals surface area contributed by atoms with E-state index in [1.165, 1.54) is 6.20 Å². The summed E-state index contributed by atoms with van der Waals surface area (Å²) in [6.45, 7) is 0. The van der Waals surface area contributed by atoms with Crippen LogP contribution in [0.4, 0.5) is 0 Å². The molecule has 0 atom stereocenters. The molecular formula is C6HBrN4.